The van der Waals surface area contributed by atoms with Gasteiger partial charge in [-0.15, -0.1) is 0 Å². The number of benzene rings is 1. The van der Waals surface area contributed by atoms with Gasteiger partial charge in [-0.1, -0.05) is 56.5 Å². The Labute approximate surface area is 192 Å². The zero-order valence-corrected chi connectivity index (χ0v) is 22.4. The molecule has 2 radical (unpaired) electrons. The summed E-state index contributed by atoms with van der Waals surface area (Å²) in [6.45, 7) is 3.71. The average Bonchev–Trinajstić information content (AvgIpc) is 3.42. The number of carboxylic acids is 2. The minimum absolute atomic E-state index is 0. The van der Waals surface area contributed by atoms with E-state index in [9.17, 15) is 14.4 Å². The van der Waals surface area contributed by atoms with Crippen LogP contribution in [0.15, 0.2) is 43.0 Å². The van der Waals surface area contributed by atoms with Crippen molar-refractivity contribution in [2.45, 2.75) is 51.4 Å². The Morgan fingerprint density at radius 2 is 1.31 bits per heavy atom. The number of ether oxygens (including phenoxy) is 1. The first-order chi connectivity index (χ1) is 13.5. The topological polar surface area (TPSA) is 101 Å². The molecule has 0 atom stereocenters. The standard InChI is InChI=1S/C10H10O2.2C6H10O2.Pb.2H/c1-2-8-12-10(11)9-6-4-3-5-7-9;2*7-6(8)5-3-1-2-4-5;;;/h2-7H,1,8H2;2*5H,1-4H2,(H,7,8);;;. The van der Waals surface area contributed by atoms with Gasteiger partial charge in [0, 0.05) is 0 Å². The van der Waals surface area contributed by atoms with Crippen LogP contribution in [0.1, 0.15) is 61.7 Å². The number of aliphatic carboxylic acids is 2. The summed E-state index contributed by atoms with van der Waals surface area (Å²) >= 11 is 0. The Balaban J connectivity index is 0.000000411. The van der Waals surface area contributed by atoms with Crippen LogP contribution in [-0.2, 0) is 14.3 Å². The van der Waals surface area contributed by atoms with Gasteiger partial charge in [0.05, 0.1) is 17.4 Å². The van der Waals surface area contributed by atoms with Gasteiger partial charge in [-0.25, -0.2) is 4.79 Å². The summed E-state index contributed by atoms with van der Waals surface area (Å²) in [5.41, 5.74) is 0.569. The van der Waals surface area contributed by atoms with Crippen molar-refractivity contribution >= 4 is 45.2 Å². The SMILES string of the molecule is C=CCOC(=O)c1ccccc1.O=C(O)C1CCCC1.O=C(O)C1CCCC1.[PbH2]. The number of carboxylic acid groups (broad SMARTS) is 2. The molecule has 2 aliphatic carbocycles. The van der Waals surface area contributed by atoms with E-state index in [1.54, 1.807) is 30.3 Å². The van der Waals surface area contributed by atoms with Crippen molar-refractivity contribution in [1.82, 2.24) is 0 Å². The van der Waals surface area contributed by atoms with Crippen LogP contribution in [0.2, 0.25) is 0 Å². The zero-order chi connectivity index (χ0) is 20.8. The molecule has 1 aromatic carbocycles. The van der Waals surface area contributed by atoms with Gasteiger partial charge in [0.25, 0.3) is 0 Å². The van der Waals surface area contributed by atoms with Gasteiger partial charge in [-0.05, 0) is 37.8 Å². The molecular formula is C22H32O6Pb. The fraction of sp³-hybridized carbons (Fsp3) is 0.500. The third kappa shape index (κ3) is 11.8. The van der Waals surface area contributed by atoms with E-state index < -0.39 is 11.9 Å². The normalized spacial score (nSPS) is 15.6. The van der Waals surface area contributed by atoms with Gasteiger partial charge < -0.3 is 14.9 Å². The van der Waals surface area contributed by atoms with Gasteiger partial charge >= 0.3 is 45.2 Å². The van der Waals surface area contributed by atoms with Crippen molar-refractivity contribution < 1.29 is 29.3 Å². The van der Waals surface area contributed by atoms with Crippen molar-refractivity contribution in [3.63, 3.8) is 0 Å². The van der Waals surface area contributed by atoms with Crippen molar-refractivity contribution in [2.24, 2.45) is 11.8 Å². The predicted molar refractivity (Wildman–Crippen MR) is 115 cm³/mol. The molecule has 0 aromatic heterocycles. The van der Waals surface area contributed by atoms with E-state index in [2.05, 4.69) is 6.58 Å². The van der Waals surface area contributed by atoms with E-state index in [4.69, 9.17) is 14.9 Å². The molecule has 0 spiro atoms. The van der Waals surface area contributed by atoms with Gasteiger partial charge in [0.2, 0.25) is 0 Å². The number of carbonyl (C=O) groups is 3. The molecule has 0 aliphatic heterocycles. The first-order valence-corrected chi connectivity index (χ1v) is 9.74. The first-order valence-electron chi connectivity index (χ1n) is 9.74. The van der Waals surface area contributed by atoms with E-state index in [-0.39, 0.29) is 51.7 Å². The maximum absolute atomic E-state index is 11.1. The molecule has 160 valence electrons. The Morgan fingerprint density at radius 1 is 0.897 bits per heavy atom. The molecule has 0 bridgehead atoms. The first kappa shape index (κ1) is 27.3. The molecule has 2 aliphatic rings. The van der Waals surface area contributed by atoms with E-state index in [1.807, 2.05) is 6.07 Å². The molecule has 7 heteroatoms. The molecule has 2 saturated carbocycles. The summed E-state index contributed by atoms with van der Waals surface area (Å²) in [6.07, 6.45) is 9.57. The number of hydrogen-bond donors (Lipinski definition) is 2. The number of rotatable bonds is 5. The quantitative estimate of drug-likeness (QED) is 0.305. The van der Waals surface area contributed by atoms with E-state index in [0.29, 0.717) is 5.56 Å². The molecule has 6 nitrogen and oxygen atoms in total. The summed E-state index contributed by atoms with van der Waals surface area (Å²) in [4.78, 5) is 31.5. The fourth-order valence-electron chi connectivity index (χ4n) is 3.14. The van der Waals surface area contributed by atoms with Gasteiger partial charge in [0.15, 0.2) is 0 Å². The second-order valence-electron chi connectivity index (χ2n) is 6.89. The van der Waals surface area contributed by atoms with Crippen LogP contribution in [0.3, 0.4) is 0 Å². The molecule has 0 heterocycles. The number of hydrogen-bond acceptors (Lipinski definition) is 4. The van der Waals surface area contributed by atoms with Crippen molar-refractivity contribution in [1.29, 1.82) is 0 Å². The summed E-state index contributed by atoms with van der Waals surface area (Å²) in [5.74, 6) is -1.56. The van der Waals surface area contributed by atoms with Crippen LogP contribution in [0.4, 0.5) is 0 Å². The average molecular weight is 600 g/mol. The van der Waals surface area contributed by atoms with Crippen molar-refractivity contribution in [2.75, 3.05) is 6.61 Å². The molecule has 29 heavy (non-hydrogen) atoms. The summed E-state index contributed by atoms with van der Waals surface area (Å²) in [6, 6.07) is 8.87. The molecule has 0 unspecified atom stereocenters. The molecule has 2 N–H and O–H groups in total. The minimum atomic E-state index is -0.609. The molecule has 0 saturated heterocycles. The molecule has 1 aromatic rings. The Morgan fingerprint density at radius 3 is 1.62 bits per heavy atom. The van der Waals surface area contributed by atoms with Crippen LogP contribution in [0.5, 0.6) is 0 Å². The molecule has 3 rings (SSSR count). The van der Waals surface area contributed by atoms with Crippen LogP contribution in [-0.4, -0.2) is 62.0 Å². The number of esters is 1. The van der Waals surface area contributed by atoms with Crippen LogP contribution in [0, 0.1) is 11.8 Å². The molecule has 0 amide bonds. The Kier molecular flexibility index (Phi) is 15.2. The van der Waals surface area contributed by atoms with E-state index in [0.717, 1.165) is 51.4 Å². The van der Waals surface area contributed by atoms with Crippen LogP contribution < -0.4 is 0 Å². The summed E-state index contributed by atoms with van der Waals surface area (Å²) in [7, 11) is 0. The van der Waals surface area contributed by atoms with Crippen molar-refractivity contribution in [3.8, 4) is 0 Å². The summed E-state index contributed by atoms with van der Waals surface area (Å²) in [5, 5.41) is 16.8. The van der Waals surface area contributed by atoms with Gasteiger partial charge in [-0.3, -0.25) is 9.59 Å². The Bertz CT molecular complexity index is 593. The van der Waals surface area contributed by atoms with E-state index in [1.165, 1.54) is 0 Å². The summed E-state index contributed by atoms with van der Waals surface area (Å²) < 4.78 is 4.82. The second-order valence-corrected chi connectivity index (χ2v) is 6.89. The molecular weight excluding hydrogens is 567 g/mol. The predicted octanol–water partition coefficient (Wildman–Crippen LogP) is 3.64. The number of carbonyl (C=O) groups excluding carboxylic acids is 1. The maximum atomic E-state index is 11.1. The Hall–Kier alpha value is -1.71. The monoisotopic (exact) mass is 600 g/mol. The molecule has 2 fully saturated rings. The second kappa shape index (κ2) is 16.1. The van der Waals surface area contributed by atoms with Gasteiger partial charge in [-0.2, -0.15) is 0 Å². The zero-order valence-electron chi connectivity index (χ0n) is 16.9. The third-order valence-electron chi connectivity index (χ3n) is 4.75. The van der Waals surface area contributed by atoms with Gasteiger partial charge in [0.1, 0.15) is 6.61 Å². The van der Waals surface area contributed by atoms with Crippen molar-refractivity contribution in [3.05, 3.63) is 48.6 Å². The fourth-order valence-corrected chi connectivity index (χ4v) is 3.14. The third-order valence-corrected chi connectivity index (χ3v) is 4.75. The van der Waals surface area contributed by atoms with E-state index >= 15 is 0 Å². The van der Waals surface area contributed by atoms with Crippen LogP contribution in [0.25, 0.3) is 0 Å². The van der Waals surface area contributed by atoms with Crippen LogP contribution >= 0.6 is 0 Å².